The molecule has 0 aliphatic carbocycles. The van der Waals surface area contributed by atoms with Gasteiger partial charge in [-0.1, -0.05) is 24.3 Å². The second kappa shape index (κ2) is 4.38. The second-order valence-corrected chi connectivity index (χ2v) is 6.27. The monoisotopic (exact) mass is 288 g/mol. The summed E-state index contributed by atoms with van der Waals surface area (Å²) in [6.45, 7) is 0. The van der Waals surface area contributed by atoms with Gasteiger partial charge >= 0.3 is 0 Å². The quantitative estimate of drug-likeness (QED) is 0.810. The molecule has 0 atom stereocenters. The van der Waals surface area contributed by atoms with E-state index in [9.17, 15) is 17.6 Å². The number of benzene rings is 2. The number of halogens is 1. The first kappa shape index (κ1) is 12.7. The number of fused-ring (bicyclic) bond motifs is 1. The van der Waals surface area contributed by atoms with Crippen LogP contribution in [0.15, 0.2) is 59.5 Å². The molecule has 2 aromatic rings. The van der Waals surface area contributed by atoms with Gasteiger partial charge in [-0.3, -0.25) is 4.79 Å². The van der Waals surface area contributed by atoms with Gasteiger partial charge in [-0.05, 0) is 29.8 Å². The highest BCUT2D eigenvalue weighted by Crippen LogP contribution is 2.34. The Labute approximate surface area is 115 Å². The summed E-state index contributed by atoms with van der Waals surface area (Å²) in [4.78, 5) is 11.9. The van der Waals surface area contributed by atoms with E-state index >= 15 is 0 Å². The molecular weight excluding hydrogens is 279 g/mol. The summed E-state index contributed by atoms with van der Waals surface area (Å²) >= 11 is 0. The molecule has 0 N–H and O–H groups in total. The van der Waals surface area contributed by atoms with Crippen LogP contribution >= 0.6 is 0 Å². The highest BCUT2D eigenvalue weighted by atomic mass is 32.2. The lowest BCUT2D eigenvalue weighted by atomic mass is 10.1. The molecule has 3 rings (SSSR count). The van der Waals surface area contributed by atoms with Crippen LogP contribution in [-0.2, 0) is 9.84 Å². The Morgan fingerprint density at radius 3 is 2.25 bits per heavy atom. The Kier molecular flexibility index (Phi) is 2.79. The smallest absolute Gasteiger partial charge is 0.208 e. The van der Waals surface area contributed by atoms with Gasteiger partial charge in [-0.25, -0.2) is 12.8 Å². The van der Waals surface area contributed by atoms with E-state index in [4.69, 9.17) is 0 Å². The summed E-state index contributed by atoms with van der Waals surface area (Å²) in [5.74, 6) is -0.830. The minimum Gasteiger partial charge on any atom is -0.289 e. The molecule has 1 heterocycles. The van der Waals surface area contributed by atoms with Crippen LogP contribution in [0.4, 0.5) is 4.39 Å². The molecule has 0 fully saturated rings. The number of hydrogen-bond acceptors (Lipinski definition) is 3. The Balaban J connectivity index is 2.24. The molecule has 0 bridgehead atoms. The van der Waals surface area contributed by atoms with Gasteiger partial charge in [-0.15, -0.1) is 0 Å². The van der Waals surface area contributed by atoms with E-state index < -0.39 is 15.7 Å². The average Bonchev–Trinajstić information content (AvgIpc) is 2.44. The van der Waals surface area contributed by atoms with Crippen LogP contribution in [0.2, 0.25) is 0 Å². The number of sulfone groups is 1. The van der Waals surface area contributed by atoms with Crippen molar-refractivity contribution in [3.8, 4) is 0 Å². The third kappa shape index (κ3) is 1.87. The Morgan fingerprint density at radius 1 is 0.900 bits per heavy atom. The highest BCUT2D eigenvalue weighted by Gasteiger charge is 2.31. The molecule has 0 aromatic heterocycles. The fourth-order valence-electron chi connectivity index (χ4n) is 2.15. The van der Waals surface area contributed by atoms with Gasteiger partial charge in [0.05, 0.1) is 9.80 Å². The molecular formula is C15H9FO3S. The van der Waals surface area contributed by atoms with Crippen LogP contribution < -0.4 is 0 Å². The summed E-state index contributed by atoms with van der Waals surface area (Å²) in [7, 11) is -3.76. The van der Waals surface area contributed by atoms with Gasteiger partial charge in [0.15, 0.2) is 5.78 Å². The molecule has 0 amide bonds. The lowest BCUT2D eigenvalue weighted by molar-refractivity contribution is 0.104. The number of carbonyl (C=O) groups excluding carboxylic acids is 1. The Hall–Kier alpha value is -2.27. The van der Waals surface area contributed by atoms with Crippen molar-refractivity contribution in [1.82, 2.24) is 0 Å². The van der Waals surface area contributed by atoms with Gasteiger partial charge in [0.1, 0.15) is 5.82 Å². The van der Waals surface area contributed by atoms with E-state index in [1.807, 2.05) is 0 Å². The van der Waals surface area contributed by atoms with Gasteiger partial charge in [0.25, 0.3) is 0 Å². The van der Waals surface area contributed by atoms with Crippen molar-refractivity contribution in [2.45, 2.75) is 4.90 Å². The van der Waals surface area contributed by atoms with Crippen LogP contribution in [0.3, 0.4) is 0 Å². The van der Waals surface area contributed by atoms with Gasteiger partial charge in [0.2, 0.25) is 9.84 Å². The van der Waals surface area contributed by atoms with Crippen molar-refractivity contribution in [3.05, 3.63) is 71.6 Å². The van der Waals surface area contributed by atoms with Gasteiger partial charge in [-0.2, -0.15) is 0 Å². The molecule has 0 saturated heterocycles. The number of hydrogen-bond donors (Lipinski definition) is 0. The van der Waals surface area contributed by atoms with Crippen LogP contribution in [0.25, 0.3) is 4.91 Å². The maximum atomic E-state index is 12.9. The lowest BCUT2D eigenvalue weighted by Crippen LogP contribution is -2.16. The molecule has 0 radical (unpaired) electrons. The summed E-state index contributed by atoms with van der Waals surface area (Å²) in [5.41, 5.74) is 0.465. The van der Waals surface area contributed by atoms with Crippen LogP contribution in [0.1, 0.15) is 15.9 Å². The van der Waals surface area contributed by atoms with E-state index in [1.54, 1.807) is 12.1 Å². The molecule has 5 heteroatoms. The second-order valence-electron chi connectivity index (χ2n) is 4.38. The molecule has 0 spiro atoms. The fraction of sp³-hybridized carbons (Fsp3) is 0. The number of ketones is 1. The summed E-state index contributed by atoms with van der Waals surface area (Å²) < 4.78 is 38.0. The zero-order valence-electron chi connectivity index (χ0n) is 10.2. The van der Waals surface area contributed by atoms with Gasteiger partial charge in [0, 0.05) is 11.6 Å². The molecule has 100 valence electrons. The van der Waals surface area contributed by atoms with Crippen molar-refractivity contribution in [3.63, 3.8) is 0 Å². The maximum Gasteiger partial charge on any atom is 0.208 e. The first-order valence-corrected chi connectivity index (χ1v) is 7.34. The molecule has 3 nitrogen and oxygen atoms in total. The Morgan fingerprint density at radius 2 is 1.55 bits per heavy atom. The largest absolute Gasteiger partial charge is 0.289 e. The van der Waals surface area contributed by atoms with Crippen LogP contribution in [-0.4, -0.2) is 14.2 Å². The highest BCUT2D eigenvalue weighted by molar-refractivity contribution is 8.00. The maximum absolute atomic E-state index is 12.9. The molecule has 1 aliphatic rings. The summed E-state index contributed by atoms with van der Waals surface area (Å²) in [5, 5.41) is 0. The third-order valence-electron chi connectivity index (χ3n) is 3.12. The molecule has 20 heavy (non-hydrogen) atoms. The van der Waals surface area contributed by atoms with E-state index in [0.29, 0.717) is 5.56 Å². The van der Waals surface area contributed by atoms with E-state index in [-0.39, 0.29) is 21.1 Å². The first-order chi connectivity index (χ1) is 9.50. The zero-order valence-corrected chi connectivity index (χ0v) is 11.0. The van der Waals surface area contributed by atoms with E-state index in [0.717, 1.165) is 18.2 Å². The zero-order chi connectivity index (χ0) is 14.3. The van der Waals surface area contributed by atoms with Crippen LogP contribution in [0, 0.1) is 5.82 Å². The average molecular weight is 288 g/mol. The summed E-state index contributed by atoms with van der Waals surface area (Å²) in [6, 6.07) is 11.1. The van der Waals surface area contributed by atoms with Crippen molar-refractivity contribution < 1.29 is 17.6 Å². The standard InChI is InChI=1S/C15H9FO3S/c16-11-7-5-10(6-8-11)15-9-13(17)12-3-1-2-4-14(12)20(15,18)19/h1-9H. The number of allylic oxidation sites excluding steroid dienone is 1. The third-order valence-corrected chi connectivity index (χ3v) is 4.99. The minimum atomic E-state index is -3.76. The molecule has 2 aromatic carbocycles. The van der Waals surface area contributed by atoms with E-state index in [2.05, 4.69) is 0 Å². The fourth-order valence-corrected chi connectivity index (χ4v) is 3.81. The number of carbonyl (C=O) groups is 1. The molecule has 1 aliphatic heterocycles. The predicted octanol–water partition coefficient (Wildman–Crippen LogP) is 2.84. The lowest BCUT2D eigenvalue weighted by Gasteiger charge is -2.16. The van der Waals surface area contributed by atoms with Gasteiger partial charge < -0.3 is 0 Å². The Bertz CT molecular complexity index is 834. The molecule has 0 unspecified atom stereocenters. The normalized spacial score (nSPS) is 16.4. The van der Waals surface area contributed by atoms with Crippen molar-refractivity contribution >= 4 is 20.5 Å². The predicted molar refractivity (Wildman–Crippen MR) is 72.3 cm³/mol. The topological polar surface area (TPSA) is 51.2 Å². The summed E-state index contributed by atoms with van der Waals surface area (Å²) in [6.07, 6.45) is 1.09. The van der Waals surface area contributed by atoms with Crippen LogP contribution in [0.5, 0.6) is 0 Å². The van der Waals surface area contributed by atoms with Crippen molar-refractivity contribution in [2.24, 2.45) is 0 Å². The SMILES string of the molecule is O=C1C=C(c2ccc(F)cc2)S(=O)(=O)c2ccccc21. The molecule has 0 saturated carbocycles. The minimum absolute atomic E-state index is 0.00757. The van der Waals surface area contributed by atoms with E-state index in [1.165, 1.54) is 24.3 Å². The van der Waals surface area contributed by atoms with Crippen molar-refractivity contribution in [1.29, 1.82) is 0 Å². The van der Waals surface area contributed by atoms with Crippen molar-refractivity contribution in [2.75, 3.05) is 0 Å². The number of rotatable bonds is 1. The first-order valence-electron chi connectivity index (χ1n) is 5.86.